The van der Waals surface area contributed by atoms with Crippen LogP contribution in [0.5, 0.6) is 0 Å². The van der Waals surface area contributed by atoms with Crippen molar-refractivity contribution in [2.75, 3.05) is 19.6 Å². The Bertz CT molecular complexity index is 229. The molecule has 2 nitrogen and oxygen atoms in total. The Morgan fingerprint density at radius 1 is 1.00 bits per heavy atom. The molecule has 1 aliphatic carbocycles. The zero-order valence-corrected chi connectivity index (χ0v) is 13.4. The molecule has 0 amide bonds. The molecular weight excluding hydrogens is 220 g/mol. The van der Waals surface area contributed by atoms with Gasteiger partial charge in [-0.1, -0.05) is 41.5 Å². The van der Waals surface area contributed by atoms with E-state index >= 15 is 0 Å². The zero-order valence-electron chi connectivity index (χ0n) is 13.4. The average molecular weight is 254 g/mol. The van der Waals surface area contributed by atoms with Crippen LogP contribution in [0, 0.1) is 23.7 Å². The molecule has 0 aromatic carbocycles. The van der Waals surface area contributed by atoms with E-state index in [2.05, 4.69) is 46.4 Å². The Balaban J connectivity index is 2.69. The van der Waals surface area contributed by atoms with Gasteiger partial charge in [-0.2, -0.15) is 0 Å². The van der Waals surface area contributed by atoms with E-state index < -0.39 is 0 Å². The van der Waals surface area contributed by atoms with Gasteiger partial charge in [0, 0.05) is 25.2 Å². The molecule has 0 spiro atoms. The van der Waals surface area contributed by atoms with Gasteiger partial charge in [0.1, 0.15) is 0 Å². The number of nitrogens with two attached hydrogens (primary N) is 1. The van der Waals surface area contributed by atoms with Crippen LogP contribution in [0.25, 0.3) is 0 Å². The van der Waals surface area contributed by atoms with Crippen LogP contribution in [0.3, 0.4) is 0 Å². The first-order valence-corrected chi connectivity index (χ1v) is 7.76. The van der Waals surface area contributed by atoms with Gasteiger partial charge in [-0.15, -0.1) is 0 Å². The molecule has 0 aromatic heterocycles. The van der Waals surface area contributed by atoms with Crippen LogP contribution in [0.15, 0.2) is 0 Å². The summed E-state index contributed by atoms with van der Waals surface area (Å²) in [5.41, 5.74) is 6.45. The molecule has 18 heavy (non-hydrogen) atoms. The van der Waals surface area contributed by atoms with Gasteiger partial charge < -0.3 is 5.73 Å². The van der Waals surface area contributed by atoms with Crippen LogP contribution in [0.1, 0.15) is 54.4 Å². The third-order valence-corrected chi connectivity index (χ3v) is 4.45. The van der Waals surface area contributed by atoms with Crippen molar-refractivity contribution in [2.24, 2.45) is 29.4 Å². The lowest BCUT2D eigenvalue weighted by molar-refractivity contribution is -0.0465. The molecule has 108 valence electrons. The van der Waals surface area contributed by atoms with Gasteiger partial charge in [0.15, 0.2) is 0 Å². The molecule has 1 saturated carbocycles. The third-order valence-electron chi connectivity index (χ3n) is 4.45. The van der Waals surface area contributed by atoms with Gasteiger partial charge in [0.05, 0.1) is 0 Å². The van der Waals surface area contributed by atoms with Gasteiger partial charge in [0.25, 0.3) is 0 Å². The average Bonchev–Trinajstić information content (AvgIpc) is 2.13. The van der Waals surface area contributed by atoms with Gasteiger partial charge in [-0.3, -0.25) is 4.90 Å². The van der Waals surface area contributed by atoms with Gasteiger partial charge in [-0.05, 0) is 36.5 Å². The quantitative estimate of drug-likeness (QED) is 0.755. The summed E-state index contributed by atoms with van der Waals surface area (Å²) in [7, 11) is 0. The Morgan fingerprint density at radius 3 is 1.72 bits per heavy atom. The normalized spacial score (nSPS) is 28.5. The van der Waals surface area contributed by atoms with Crippen molar-refractivity contribution in [3.63, 3.8) is 0 Å². The van der Waals surface area contributed by atoms with Crippen molar-refractivity contribution in [1.29, 1.82) is 0 Å². The zero-order chi connectivity index (χ0) is 13.9. The van der Waals surface area contributed by atoms with E-state index in [-0.39, 0.29) is 0 Å². The fraction of sp³-hybridized carbons (Fsp3) is 1.00. The Hall–Kier alpha value is -0.0800. The number of hydrogen-bond acceptors (Lipinski definition) is 2. The van der Waals surface area contributed by atoms with Crippen LogP contribution in [0.2, 0.25) is 0 Å². The Labute approximate surface area is 114 Å². The van der Waals surface area contributed by atoms with Crippen LogP contribution in [-0.2, 0) is 0 Å². The molecule has 0 radical (unpaired) electrons. The lowest BCUT2D eigenvalue weighted by Gasteiger charge is -2.56. The molecule has 1 aliphatic rings. The first-order chi connectivity index (χ1) is 8.30. The summed E-state index contributed by atoms with van der Waals surface area (Å²) < 4.78 is 0. The Kier molecular flexibility index (Phi) is 5.67. The molecule has 0 aliphatic heterocycles. The molecule has 1 rings (SSSR count). The Morgan fingerprint density at radius 2 is 1.44 bits per heavy atom. The predicted octanol–water partition coefficient (Wildman–Crippen LogP) is 3.36. The minimum atomic E-state index is 0.309. The van der Waals surface area contributed by atoms with Crippen molar-refractivity contribution in [2.45, 2.75) is 59.9 Å². The maximum atomic E-state index is 6.14. The van der Waals surface area contributed by atoms with Crippen molar-refractivity contribution < 1.29 is 0 Å². The van der Waals surface area contributed by atoms with E-state index in [4.69, 9.17) is 5.73 Å². The molecule has 1 fully saturated rings. The minimum absolute atomic E-state index is 0.309. The van der Waals surface area contributed by atoms with Crippen molar-refractivity contribution in [1.82, 2.24) is 4.90 Å². The smallest absolute Gasteiger partial charge is 0.0337 e. The predicted molar refractivity (Wildman–Crippen MR) is 80.6 cm³/mol. The van der Waals surface area contributed by atoms with Crippen LogP contribution in [-0.4, -0.2) is 30.1 Å². The largest absolute Gasteiger partial charge is 0.329 e. The van der Waals surface area contributed by atoms with Gasteiger partial charge in [0.2, 0.25) is 0 Å². The summed E-state index contributed by atoms with van der Waals surface area (Å²) in [6.45, 7) is 17.2. The van der Waals surface area contributed by atoms with E-state index in [0.717, 1.165) is 30.2 Å². The summed E-state index contributed by atoms with van der Waals surface area (Å²) in [4.78, 5) is 2.70. The monoisotopic (exact) mass is 254 g/mol. The van der Waals surface area contributed by atoms with E-state index in [1.807, 2.05) is 0 Å². The summed E-state index contributed by atoms with van der Waals surface area (Å²) in [6.07, 6.45) is 2.61. The molecule has 0 saturated heterocycles. The highest BCUT2D eigenvalue weighted by molar-refractivity contribution is 5.04. The third kappa shape index (κ3) is 3.71. The van der Waals surface area contributed by atoms with Crippen molar-refractivity contribution in [3.05, 3.63) is 0 Å². The summed E-state index contributed by atoms with van der Waals surface area (Å²) >= 11 is 0. The van der Waals surface area contributed by atoms with Crippen molar-refractivity contribution in [3.8, 4) is 0 Å². The highest BCUT2D eigenvalue weighted by Crippen LogP contribution is 2.45. The van der Waals surface area contributed by atoms with Gasteiger partial charge in [-0.25, -0.2) is 0 Å². The second kappa shape index (κ2) is 6.38. The first kappa shape index (κ1) is 16.0. The SMILES string of the molecule is CC(C)CN(CC(C)C)C1(CN)CC(C(C)C)C1. The lowest BCUT2D eigenvalue weighted by atomic mass is 9.63. The molecule has 0 unspecified atom stereocenters. The second-order valence-corrected chi connectivity index (χ2v) is 7.53. The highest BCUT2D eigenvalue weighted by Gasteiger charge is 2.48. The first-order valence-electron chi connectivity index (χ1n) is 7.76. The fourth-order valence-corrected chi connectivity index (χ4v) is 3.29. The number of hydrogen-bond donors (Lipinski definition) is 1. The standard InChI is InChI=1S/C16H34N2/c1-12(2)9-18(10-13(3)4)16(11-17)7-15(8-16)14(5)6/h12-15H,7-11,17H2,1-6H3. The van der Waals surface area contributed by atoms with Crippen LogP contribution >= 0.6 is 0 Å². The maximum Gasteiger partial charge on any atom is 0.0337 e. The summed E-state index contributed by atoms with van der Waals surface area (Å²) in [5, 5.41) is 0. The van der Waals surface area contributed by atoms with E-state index in [0.29, 0.717) is 5.54 Å². The molecular formula is C16H34N2. The van der Waals surface area contributed by atoms with Crippen molar-refractivity contribution >= 4 is 0 Å². The van der Waals surface area contributed by atoms with E-state index in [1.165, 1.54) is 25.9 Å². The fourth-order valence-electron chi connectivity index (χ4n) is 3.29. The maximum absolute atomic E-state index is 6.14. The lowest BCUT2D eigenvalue weighted by Crippen LogP contribution is -2.63. The molecule has 0 atom stereocenters. The molecule has 0 aromatic rings. The topological polar surface area (TPSA) is 29.3 Å². The highest BCUT2D eigenvalue weighted by atomic mass is 15.2. The van der Waals surface area contributed by atoms with E-state index in [1.54, 1.807) is 0 Å². The molecule has 0 bridgehead atoms. The minimum Gasteiger partial charge on any atom is -0.329 e. The molecule has 2 heteroatoms. The molecule has 0 heterocycles. The number of rotatable bonds is 7. The van der Waals surface area contributed by atoms with Crippen LogP contribution < -0.4 is 5.73 Å². The van der Waals surface area contributed by atoms with E-state index in [9.17, 15) is 0 Å². The van der Waals surface area contributed by atoms with Crippen LogP contribution in [0.4, 0.5) is 0 Å². The number of nitrogens with zero attached hydrogens (tertiary/aromatic N) is 1. The van der Waals surface area contributed by atoms with Gasteiger partial charge >= 0.3 is 0 Å². The molecule has 2 N–H and O–H groups in total. The summed E-state index contributed by atoms with van der Waals surface area (Å²) in [6, 6.07) is 0. The summed E-state index contributed by atoms with van der Waals surface area (Å²) in [5.74, 6) is 3.15. The second-order valence-electron chi connectivity index (χ2n) is 7.53.